The number of phenols is 1. The molecule has 0 aliphatic heterocycles. The minimum atomic E-state index is 0.130. The Bertz CT molecular complexity index is 470. The van der Waals surface area contributed by atoms with Crippen LogP contribution in [0.4, 0.5) is 0 Å². The van der Waals surface area contributed by atoms with Gasteiger partial charge in [0.1, 0.15) is 22.2 Å². The number of nitrogens with zero attached hydrogens (tertiary/aromatic N) is 2. The van der Waals surface area contributed by atoms with Gasteiger partial charge >= 0.3 is 0 Å². The molecule has 1 aromatic heterocycles. The van der Waals surface area contributed by atoms with E-state index in [2.05, 4.69) is 9.97 Å². The fourth-order valence-corrected chi connectivity index (χ4v) is 1.48. The largest absolute Gasteiger partial charge is 0.506 e. The van der Waals surface area contributed by atoms with Gasteiger partial charge in [0.05, 0.1) is 0 Å². The van der Waals surface area contributed by atoms with Gasteiger partial charge in [-0.05, 0) is 19.1 Å². The van der Waals surface area contributed by atoms with Crippen LogP contribution in [0, 0.1) is 6.92 Å². The van der Waals surface area contributed by atoms with Crippen LogP contribution in [0.2, 0.25) is 5.15 Å². The Labute approximate surface area is 80.0 Å². The summed E-state index contributed by atoms with van der Waals surface area (Å²) < 4.78 is 0. The van der Waals surface area contributed by atoms with Crippen molar-refractivity contribution < 1.29 is 5.11 Å². The topological polar surface area (TPSA) is 46.0 Å². The fourth-order valence-electron chi connectivity index (χ4n) is 1.20. The molecule has 0 radical (unpaired) electrons. The molecule has 4 heteroatoms. The molecule has 0 bridgehead atoms. The summed E-state index contributed by atoms with van der Waals surface area (Å²) in [6.45, 7) is 1.73. The zero-order valence-electron chi connectivity index (χ0n) is 6.95. The highest BCUT2D eigenvalue weighted by molar-refractivity contribution is 6.34. The summed E-state index contributed by atoms with van der Waals surface area (Å²) in [5.74, 6) is 0.684. The third-order valence-corrected chi connectivity index (χ3v) is 2.06. The molecule has 2 aromatic rings. The first-order valence-electron chi connectivity index (χ1n) is 3.80. The number of fused-ring (bicyclic) bond motifs is 1. The van der Waals surface area contributed by atoms with Crippen LogP contribution in [0.25, 0.3) is 10.9 Å². The Morgan fingerprint density at radius 3 is 2.85 bits per heavy atom. The molecule has 0 spiro atoms. The second kappa shape index (κ2) is 2.85. The molecule has 0 aliphatic rings. The Balaban J connectivity index is 2.94. The van der Waals surface area contributed by atoms with Crippen molar-refractivity contribution in [2.45, 2.75) is 6.92 Å². The highest BCUT2D eigenvalue weighted by atomic mass is 35.5. The molecule has 0 saturated carbocycles. The maximum atomic E-state index is 9.47. The second-order valence-electron chi connectivity index (χ2n) is 2.73. The average Bonchev–Trinajstić information content (AvgIpc) is 2.07. The molecule has 0 fully saturated rings. The lowest BCUT2D eigenvalue weighted by Crippen LogP contribution is -1.90. The Kier molecular flexibility index (Phi) is 1.81. The first-order chi connectivity index (χ1) is 6.18. The van der Waals surface area contributed by atoms with E-state index >= 15 is 0 Å². The monoisotopic (exact) mass is 194 g/mol. The van der Waals surface area contributed by atoms with E-state index in [-0.39, 0.29) is 5.75 Å². The number of rotatable bonds is 0. The highest BCUT2D eigenvalue weighted by Crippen LogP contribution is 2.26. The summed E-state index contributed by atoms with van der Waals surface area (Å²) >= 11 is 5.87. The van der Waals surface area contributed by atoms with Gasteiger partial charge in [-0.2, -0.15) is 0 Å². The van der Waals surface area contributed by atoms with Crippen LogP contribution >= 0.6 is 11.6 Å². The lowest BCUT2D eigenvalue weighted by Gasteiger charge is -2.01. The highest BCUT2D eigenvalue weighted by Gasteiger charge is 2.05. The van der Waals surface area contributed by atoms with Crippen molar-refractivity contribution in [1.29, 1.82) is 0 Å². The van der Waals surface area contributed by atoms with Crippen molar-refractivity contribution >= 4 is 22.5 Å². The molecule has 0 amide bonds. The molecular formula is C9H7ClN2O. The number of para-hydroxylation sites is 1. The first-order valence-corrected chi connectivity index (χ1v) is 4.18. The van der Waals surface area contributed by atoms with Crippen molar-refractivity contribution in [2.75, 3.05) is 0 Å². The molecule has 1 aromatic carbocycles. The van der Waals surface area contributed by atoms with E-state index in [1.165, 1.54) is 0 Å². The van der Waals surface area contributed by atoms with E-state index in [1.807, 2.05) is 0 Å². The number of aromatic nitrogens is 2. The number of hydrogen-bond acceptors (Lipinski definition) is 3. The van der Waals surface area contributed by atoms with Gasteiger partial charge in [0.15, 0.2) is 0 Å². The van der Waals surface area contributed by atoms with E-state index < -0.39 is 0 Å². The second-order valence-corrected chi connectivity index (χ2v) is 3.09. The van der Waals surface area contributed by atoms with Crippen molar-refractivity contribution in [3.8, 4) is 5.75 Å². The molecule has 0 aliphatic carbocycles. The number of hydrogen-bond donors (Lipinski definition) is 1. The predicted molar refractivity (Wildman–Crippen MR) is 50.9 cm³/mol. The predicted octanol–water partition coefficient (Wildman–Crippen LogP) is 2.30. The Hall–Kier alpha value is -1.35. The zero-order chi connectivity index (χ0) is 9.42. The van der Waals surface area contributed by atoms with Gasteiger partial charge in [-0.25, -0.2) is 9.97 Å². The molecular weight excluding hydrogens is 188 g/mol. The number of aryl methyl sites for hydroxylation is 1. The maximum Gasteiger partial charge on any atom is 0.141 e. The van der Waals surface area contributed by atoms with Crippen molar-refractivity contribution in [3.05, 3.63) is 29.2 Å². The smallest absolute Gasteiger partial charge is 0.141 e. The van der Waals surface area contributed by atoms with Crippen LogP contribution in [0.5, 0.6) is 5.75 Å². The molecule has 0 unspecified atom stereocenters. The van der Waals surface area contributed by atoms with Gasteiger partial charge in [-0.1, -0.05) is 17.7 Å². The van der Waals surface area contributed by atoms with Gasteiger partial charge in [-0.15, -0.1) is 0 Å². The molecule has 13 heavy (non-hydrogen) atoms. The summed E-state index contributed by atoms with van der Waals surface area (Å²) in [5.41, 5.74) is 0.500. The zero-order valence-corrected chi connectivity index (χ0v) is 7.71. The maximum absolute atomic E-state index is 9.47. The molecule has 0 atom stereocenters. The normalized spacial score (nSPS) is 10.6. The lowest BCUT2D eigenvalue weighted by molar-refractivity contribution is 0.480. The van der Waals surface area contributed by atoms with Gasteiger partial charge in [-0.3, -0.25) is 0 Å². The third-order valence-electron chi connectivity index (χ3n) is 1.77. The summed E-state index contributed by atoms with van der Waals surface area (Å²) in [6, 6.07) is 5.06. The van der Waals surface area contributed by atoms with Gasteiger partial charge in [0, 0.05) is 5.39 Å². The third kappa shape index (κ3) is 1.31. The quantitative estimate of drug-likeness (QED) is 0.655. The number of phenolic OH excluding ortho intramolecular Hbond substituents is 1. The average molecular weight is 195 g/mol. The Morgan fingerprint density at radius 1 is 1.31 bits per heavy atom. The number of aromatic hydroxyl groups is 1. The molecule has 3 nitrogen and oxygen atoms in total. The summed E-state index contributed by atoms with van der Waals surface area (Å²) in [5, 5.41) is 10.5. The van der Waals surface area contributed by atoms with Crippen LogP contribution in [0.3, 0.4) is 0 Å². The first kappa shape index (κ1) is 8.26. The van der Waals surface area contributed by atoms with Crippen LogP contribution in [0.1, 0.15) is 5.82 Å². The van der Waals surface area contributed by atoms with E-state index in [4.69, 9.17) is 11.6 Å². The number of halogens is 1. The lowest BCUT2D eigenvalue weighted by atomic mass is 10.2. The van der Waals surface area contributed by atoms with Crippen LogP contribution in [-0.2, 0) is 0 Å². The van der Waals surface area contributed by atoms with Crippen LogP contribution < -0.4 is 0 Å². The minimum Gasteiger partial charge on any atom is -0.506 e. The molecule has 66 valence electrons. The number of benzene rings is 1. The van der Waals surface area contributed by atoms with E-state index in [1.54, 1.807) is 25.1 Å². The van der Waals surface area contributed by atoms with Gasteiger partial charge in [0.2, 0.25) is 0 Å². The summed E-state index contributed by atoms with van der Waals surface area (Å²) in [6.07, 6.45) is 0. The van der Waals surface area contributed by atoms with Crippen molar-refractivity contribution in [3.63, 3.8) is 0 Å². The summed E-state index contributed by atoms with van der Waals surface area (Å²) in [4.78, 5) is 8.08. The Morgan fingerprint density at radius 2 is 2.08 bits per heavy atom. The van der Waals surface area contributed by atoms with Crippen molar-refractivity contribution in [1.82, 2.24) is 9.97 Å². The van der Waals surface area contributed by atoms with Gasteiger partial charge in [0.25, 0.3) is 0 Å². The summed E-state index contributed by atoms with van der Waals surface area (Å²) in [7, 11) is 0. The van der Waals surface area contributed by atoms with E-state index in [0.29, 0.717) is 21.9 Å². The van der Waals surface area contributed by atoms with Crippen molar-refractivity contribution in [2.24, 2.45) is 0 Å². The SMILES string of the molecule is Cc1nc(Cl)c2cccc(O)c2n1. The minimum absolute atomic E-state index is 0.130. The molecule has 2 rings (SSSR count). The van der Waals surface area contributed by atoms with Crippen LogP contribution in [0.15, 0.2) is 18.2 Å². The fraction of sp³-hybridized carbons (Fsp3) is 0.111. The molecule has 1 N–H and O–H groups in total. The van der Waals surface area contributed by atoms with Crippen LogP contribution in [-0.4, -0.2) is 15.1 Å². The van der Waals surface area contributed by atoms with E-state index in [9.17, 15) is 5.11 Å². The molecule has 0 saturated heterocycles. The molecule has 1 heterocycles. The standard InChI is InChI=1S/C9H7ClN2O/c1-5-11-8-6(9(10)12-5)3-2-4-7(8)13/h2-4,13H,1H3. The van der Waals surface area contributed by atoms with E-state index in [0.717, 1.165) is 0 Å². The van der Waals surface area contributed by atoms with Gasteiger partial charge < -0.3 is 5.11 Å².